The van der Waals surface area contributed by atoms with Gasteiger partial charge in [-0.15, -0.1) is 0 Å². The van der Waals surface area contributed by atoms with Crippen LogP contribution in [0.25, 0.3) is 10.8 Å². The summed E-state index contributed by atoms with van der Waals surface area (Å²) in [6, 6.07) is 6.01. The predicted octanol–water partition coefficient (Wildman–Crippen LogP) is 5.16. The summed E-state index contributed by atoms with van der Waals surface area (Å²) in [5.41, 5.74) is 0. The molecule has 0 amide bonds. The number of rotatable bonds is 16. The molecule has 0 fully saturated rings. The molecule has 0 unspecified atom stereocenters. The fraction of sp³-hybridized carbons (Fsp3) is 0. The second kappa shape index (κ2) is 17.3. The van der Waals surface area contributed by atoms with Gasteiger partial charge in [0.25, 0.3) is 0 Å². The molecule has 42 heavy (non-hydrogen) atoms. The van der Waals surface area contributed by atoms with Crippen LogP contribution in [-0.2, 0) is 38.1 Å². The third kappa shape index (κ3) is 10.8. The minimum absolute atomic E-state index is 0.157. The summed E-state index contributed by atoms with van der Waals surface area (Å²) in [6.45, 7) is 13.2. The van der Waals surface area contributed by atoms with Crippen molar-refractivity contribution in [2.75, 3.05) is 0 Å². The van der Waals surface area contributed by atoms with Gasteiger partial charge >= 0.3 is 23.9 Å². The monoisotopic (exact) mass is 576 g/mol. The molecule has 0 heterocycles. The maximum atomic E-state index is 11.3. The van der Waals surface area contributed by atoms with Gasteiger partial charge in [0.15, 0.2) is 0 Å². The fourth-order valence-electron chi connectivity index (χ4n) is 2.66. The zero-order valence-corrected chi connectivity index (χ0v) is 22.0. The standard InChI is InChI=1S/C30H24O12/c1-5-27(31)39-13-9-35-21-17-23-24(25(19-21)37-11-15-41-29(33)7-3)18-22(36-10-14-40-28(32)6-2)20-26(23)38-12-16-42-30(34)8-4/h5-20H,1-4H2. The van der Waals surface area contributed by atoms with Crippen molar-refractivity contribution in [2.24, 2.45) is 0 Å². The number of fused-ring (bicyclic) bond motifs is 1. The van der Waals surface area contributed by atoms with E-state index in [2.05, 4.69) is 26.3 Å². The van der Waals surface area contributed by atoms with Crippen LogP contribution in [-0.4, -0.2) is 23.9 Å². The van der Waals surface area contributed by atoms with Crippen LogP contribution in [0.1, 0.15) is 0 Å². The van der Waals surface area contributed by atoms with Crippen LogP contribution < -0.4 is 18.9 Å². The van der Waals surface area contributed by atoms with Crippen LogP contribution >= 0.6 is 0 Å². The lowest BCUT2D eigenvalue weighted by molar-refractivity contribution is -0.133. The normalized spacial score (nSPS) is 10.8. The van der Waals surface area contributed by atoms with Gasteiger partial charge in [0, 0.05) is 47.2 Å². The second-order valence-electron chi connectivity index (χ2n) is 7.06. The third-order valence-corrected chi connectivity index (χ3v) is 4.36. The molecular formula is C30H24O12. The lowest BCUT2D eigenvalue weighted by atomic mass is 10.1. The summed E-state index contributed by atoms with van der Waals surface area (Å²) in [5.74, 6) is -2.12. The van der Waals surface area contributed by atoms with Crippen molar-refractivity contribution in [3.05, 3.63) is 125 Å². The minimum atomic E-state index is -0.713. The zero-order valence-electron chi connectivity index (χ0n) is 22.0. The Labute approximate surface area is 239 Å². The smallest absolute Gasteiger partial charge is 0.335 e. The molecule has 0 spiro atoms. The first kappa shape index (κ1) is 31.9. The summed E-state index contributed by atoms with van der Waals surface area (Å²) in [5, 5.41) is 0.786. The van der Waals surface area contributed by atoms with Crippen molar-refractivity contribution in [3.8, 4) is 23.0 Å². The Hall–Kier alpha value is -6.30. The van der Waals surface area contributed by atoms with E-state index in [1.165, 1.54) is 12.1 Å². The summed E-state index contributed by atoms with van der Waals surface area (Å²) in [4.78, 5) is 45.2. The van der Waals surface area contributed by atoms with Crippen molar-refractivity contribution in [2.45, 2.75) is 0 Å². The van der Waals surface area contributed by atoms with E-state index in [9.17, 15) is 19.2 Å². The number of carbonyl (C=O) groups excluding carboxylic acids is 4. The first-order valence-corrected chi connectivity index (χ1v) is 11.5. The minimum Gasteiger partial charge on any atom is -0.462 e. The largest absolute Gasteiger partial charge is 0.462 e. The van der Waals surface area contributed by atoms with E-state index in [0.717, 1.165) is 74.4 Å². The molecule has 0 aliphatic carbocycles. The quantitative estimate of drug-likeness (QED) is 0.113. The molecule has 12 heteroatoms. The SMILES string of the molecule is C=CC(=O)OC=COc1cc(OC=COC(=O)C=C)c2cc(OC=COC(=O)C=C)cc(OC=COC(=O)C=C)c2c1. The number of hydrogen-bond donors (Lipinski definition) is 0. The van der Waals surface area contributed by atoms with E-state index >= 15 is 0 Å². The Morgan fingerprint density at radius 1 is 0.429 bits per heavy atom. The third-order valence-electron chi connectivity index (χ3n) is 4.36. The van der Waals surface area contributed by atoms with Crippen LogP contribution in [0.2, 0.25) is 0 Å². The highest BCUT2D eigenvalue weighted by Crippen LogP contribution is 2.40. The molecule has 12 nitrogen and oxygen atoms in total. The van der Waals surface area contributed by atoms with Gasteiger partial charge in [-0.1, -0.05) is 26.3 Å². The molecule has 0 saturated carbocycles. The summed E-state index contributed by atoms with van der Waals surface area (Å²) < 4.78 is 41.4. The summed E-state index contributed by atoms with van der Waals surface area (Å²) >= 11 is 0. The van der Waals surface area contributed by atoms with Crippen LogP contribution in [0.15, 0.2) is 125 Å². The Morgan fingerprint density at radius 3 is 1.00 bits per heavy atom. The van der Waals surface area contributed by atoms with Gasteiger partial charge < -0.3 is 37.9 Å². The first-order valence-electron chi connectivity index (χ1n) is 11.5. The van der Waals surface area contributed by atoms with Gasteiger partial charge in [0.1, 0.15) is 73.1 Å². The Balaban J connectivity index is 2.56. The Morgan fingerprint density at radius 2 is 0.714 bits per heavy atom. The second-order valence-corrected chi connectivity index (χ2v) is 7.06. The molecule has 0 N–H and O–H groups in total. The number of carbonyl (C=O) groups is 4. The highest BCUT2D eigenvalue weighted by Gasteiger charge is 2.14. The molecular weight excluding hydrogens is 552 g/mol. The highest BCUT2D eigenvalue weighted by molar-refractivity contribution is 5.96. The van der Waals surface area contributed by atoms with Gasteiger partial charge in [-0.2, -0.15) is 0 Å². The van der Waals surface area contributed by atoms with Crippen LogP contribution in [0.4, 0.5) is 0 Å². The van der Waals surface area contributed by atoms with Crippen molar-refractivity contribution in [3.63, 3.8) is 0 Å². The average molecular weight is 577 g/mol. The van der Waals surface area contributed by atoms with Crippen LogP contribution in [0, 0.1) is 0 Å². The topological polar surface area (TPSA) is 142 Å². The van der Waals surface area contributed by atoms with Crippen molar-refractivity contribution in [1.29, 1.82) is 0 Å². The van der Waals surface area contributed by atoms with E-state index in [0.29, 0.717) is 10.8 Å². The molecule has 2 aromatic carbocycles. The summed E-state index contributed by atoms with van der Waals surface area (Å²) in [7, 11) is 0. The van der Waals surface area contributed by atoms with Gasteiger partial charge in [0.2, 0.25) is 0 Å². The van der Waals surface area contributed by atoms with Gasteiger partial charge in [-0.05, 0) is 12.1 Å². The zero-order chi connectivity index (χ0) is 30.7. The molecule has 2 aromatic rings. The van der Waals surface area contributed by atoms with E-state index in [1.807, 2.05) is 0 Å². The molecule has 0 aliphatic rings. The molecule has 0 saturated heterocycles. The average Bonchev–Trinajstić information content (AvgIpc) is 3.01. The van der Waals surface area contributed by atoms with Crippen LogP contribution in [0.5, 0.6) is 23.0 Å². The van der Waals surface area contributed by atoms with Crippen LogP contribution in [0.3, 0.4) is 0 Å². The number of benzene rings is 2. The van der Waals surface area contributed by atoms with Crippen molar-refractivity contribution >= 4 is 34.6 Å². The fourth-order valence-corrected chi connectivity index (χ4v) is 2.66. The Kier molecular flexibility index (Phi) is 13.2. The van der Waals surface area contributed by atoms with Gasteiger partial charge in [-0.25, -0.2) is 19.2 Å². The molecule has 0 aliphatic heterocycles. The predicted molar refractivity (Wildman–Crippen MR) is 148 cm³/mol. The van der Waals surface area contributed by atoms with Crippen molar-refractivity contribution < 1.29 is 57.1 Å². The molecule has 0 atom stereocenters. The van der Waals surface area contributed by atoms with E-state index in [-0.39, 0.29) is 23.0 Å². The highest BCUT2D eigenvalue weighted by atomic mass is 16.6. The molecule has 2 rings (SSSR count). The first-order chi connectivity index (χ1) is 20.3. The molecule has 0 bridgehead atoms. The lowest BCUT2D eigenvalue weighted by Crippen LogP contribution is -1.96. The number of esters is 4. The van der Waals surface area contributed by atoms with E-state index in [1.54, 1.807) is 12.1 Å². The summed E-state index contributed by atoms with van der Waals surface area (Å²) in [6.07, 6.45) is 12.2. The van der Waals surface area contributed by atoms with E-state index in [4.69, 9.17) is 37.9 Å². The molecule has 216 valence electrons. The number of hydrogen-bond acceptors (Lipinski definition) is 12. The van der Waals surface area contributed by atoms with E-state index < -0.39 is 23.9 Å². The van der Waals surface area contributed by atoms with Gasteiger partial charge in [-0.3, -0.25) is 0 Å². The molecule has 0 radical (unpaired) electrons. The number of ether oxygens (including phenoxy) is 8. The lowest BCUT2D eigenvalue weighted by Gasteiger charge is -2.13. The molecule has 0 aromatic heterocycles. The Bertz CT molecular complexity index is 1370. The maximum Gasteiger partial charge on any atom is 0.335 e. The van der Waals surface area contributed by atoms with Gasteiger partial charge in [0.05, 0.1) is 0 Å². The maximum absolute atomic E-state index is 11.3. The van der Waals surface area contributed by atoms with Crippen molar-refractivity contribution in [1.82, 2.24) is 0 Å².